The van der Waals surface area contributed by atoms with Crippen molar-refractivity contribution in [3.8, 4) is 0 Å². The number of hydrogen-bond donors (Lipinski definition) is 0. The summed E-state index contributed by atoms with van der Waals surface area (Å²) in [7, 11) is 0. The van der Waals surface area contributed by atoms with Gasteiger partial charge in [-0.1, -0.05) is 0 Å². The first-order valence-corrected chi connectivity index (χ1v) is 3.19. The summed E-state index contributed by atoms with van der Waals surface area (Å²) >= 11 is 5.20. The molecule has 1 rings (SSSR count). The minimum atomic E-state index is -0.462. The third-order valence-electron chi connectivity index (χ3n) is 1.10. The largest absolute Gasteiger partial charge is 0.276 e. The van der Waals surface area contributed by atoms with Gasteiger partial charge in [0.25, 0.3) is 5.24 Å². The zero-order chi connectivity index (χ0) is 7.56. The highest BCUT2D eigenvalue weighted by atomic mass is 35.5. The highest BCUT2D eigenvalue weighted by Gasteiger charge is 1.99. The number of aryl methyl sites for hydroxylation is 1. The Kier molecular flexibility index (Phi) is 2.02. The average molecular weight is 156 g/mol. The predicted octanol–water partition coefficient (Wildman–Crippen LogP) is 1.77. The maximum Gasteiger partial charge on any atom is 0.253 e. The lowest BCUT2D eigenvalue weighted by molar-refractivity contribution is 0.108. The summed E-state index contributed by atoms with van der Waals surface area (Å²) in [5, 5.41) is -0.462. The zero-order valence-electron chi connectivity index (χ0n) is 5.47. The number of rotatable bonds is 1. The number of hydrogen-bond acceptors (Lipinski definition) is 2. The fourth-order valence-corrected chi connectivity index (χ4v) is 0.766. The molecule has 0 aromatic carbocycles. The minimum Gasteiger partial charge on any atom is -0.276 e. The van der Waals surface area contributed by atoms with Gasteiger partial charge >= 0.3 is 0 Å². The molecule has 2 nitrogen and oxygen atoms in total. The number of pyridine rings is 1. The van der Waals surface area contributed by atoms with Crippen LogP contribution in [-0.4, -0.2) is 10.2 Å². The fourth-order valence-electron chi connectivity index (χ4n) is 0.662. The van der Waals surface area contributed by atoms with Gasteiger partial charge in [0, 0.05) is 12.4 Å². The van der Waals surface area contributed by atoms with E-state index in [9.17, 15) is 4.79 Å². The van der Waals surface area contributed by atoms with Crippen LogP contribution >= 0.6 is 11.6 Å². The summed E-state index contributed by atoms with van der Waals surface area (Å²) in [5.41, 5.74) is 1.38. The Morgan fingerprint density at radius 1 is 1.60 bits per heavy atom. The molecule has 0 aliphatic carbocycles. The van der Waals surface area contributed by atoms with Gasteiger partial charge in [-0.15, -0.1) is 0 Å². The molecule has 0 atom stereocenters. The smallest absolute Gasteiger partial charge is 0.253 e. The van der Waals surface area contributed by atoms with Crippen molar-refractivity contribution in [2.24, 2.45) is 0 Å². The topological polar surface area (TPSA) is 30.0 Å². The van der Waals surface area contributed by atoms with Crippen LogP contribution in [0.2, 0.25) is 0 Å². The quantitative estimate of drug-likeness (QED) is 0.579. The molecule has 1 aromatic heterocycles. The van der Waals surface area contributed by atoms with Crippen LogP contribution in [0.4, 0.5) is 0 Å². The van der Waals surface area contributed by atoms with E-state index in [1.807, 2.05) is 6.92 Å². The lowest BCUT2D eigenvalue weighted by Gasteiger charge is -1.92. The molecule has 0 aliphatic rings. The van der Waals surface area contributed by atoms with E-state index in [0.717, 1.165) is 5.56 Å². The molecule has 0 spiro atoms. The second kappa shape index (κ2) is 2.80. The Morgan fingerprint density at radius 2 is 2.30 bits per heavy atom. The highest BCUT2D eigenvalue weighted by molar-refractivity contribution is 6.67. The van der Waals surface area contributed by atoms with Crippen molar-refractivity contribution in [2.75, 3.05) is 0 Å². The lowest BCUT2D eigenvalue weighted by Crippen LogP contribution is -1.90. The summed E-state index contributed by atoms with van der Waals surface area (Å²) in [5.74, 6) is 0. The normalized spacial score (nSPS) is 9.40. The van der Waals surface area contributed by atoms with Crippen molar-refractivity contribution in [1.29, 1.82) is 0 Å². The maximum absolute atomic E-state index is 10.5. The first kappa shape index (κ1) is 7.22. The van der Waals surface area contributed by atoms with E-state index in [1.165, 1.54) is 6.20 Å². The summed E-state index contributed by atoms with van der Waals surface area (Å²) < 4.78 is 0. The van der Waals surface area contributed by atoms with E-state index in [2.05, 4.69) is 4.98 Å². The first-order valence-electron chi connectivity index (χ1n) is 2.81. The lowest BCUT2D eigenvalue weighted by atomic mass is 10.2. The second-order valence-corrected chi connectivity index (χ2v) is 2.37. The molecule has 0 unspecified atom stereocenters. The Labute approximate surface area is 63.8 Å². The molecule has 10 heavy (non-hydrogen) atoms. The Balaban J connectivity index is 3.07. The monoisotopic (exact) mass is 155 g/mol. The van der Waals surface area contributed by atoms with Crippen LogP contribution in [0.15, 0.2) is 18.5 Å². The van der Waals surface area contributed by atoms with Crippen LogP contribution in [-0.2, 0) is 0 Å². The van der Waals surface area contributed by atoms with Gasteiger partial charge in [-0.2, -0.15) is 0 Å². The molecule has 0 saturated carbocycles. The van der Waals surface area contributed by atoms with Crippen LogP contribution in [0, 0.1) is 6.92 Å². The molecular weight excluding hydrogens is 150 g/mol. The summed E-state index contributed by atoms with van der Waals surface area (Å²) in [6.07, 6.45) is 3.12. The average Bonchev–Trinajstić information content (AvgIpc) is 1.88. The van der Waals surface area contributed by atoms with Crippen molar-refractivity contribution in [3.63, 3.8) is 0 Å². The molecule has 0 saturated heterocycles. The molecule has 0 N–H and O–H groups in total. The van der Waals surface area contributed by atoms with Gasteiger partial charge < -0.3 is 0 Å². The van der Waals surface area contributed by atoms with Crippen LogP contribution < -0.4 is 0 Å². The SMILES string of the molecule is Cc1cncc(C(=O)Cl)c1. The summed E-state index contributed by atoms with van der Waals surface area (Å²) in [6.45, 7) is 1.86. The van der Waals surface area contributed by atoms with Gasteiger partial charge in [-0.3, -0.25) is 9.78 Å². The first-order chi connectivity index (χ1) is 4.70. The van der Waals surface area contributed by atoms with Crippen molar-refractivity contribution < 1.29 is 4.79 Å². The van der Waals surface area contributed by atoms with Gasteiger partial charge in [0.1, 0.15) is 0 Å². The number of carbonyl (C=O) groups is 1. The second-order valence-electron chi connectivity index (χ2n) is 2.02. The van der Waals surface area contributed by atoms with Gasteiger partial charge in [0.15, 0.2) is 0 Å². The van der Waals surface area contributed by atoms with Gasteiger partial charge in [0.2, 0.25) is 0 Å². The maximum atomic E-state index is 10.5. The van der Waals surface area contributed by atoms with Gasteiger partial charge in [-0.25, -0.2) is 0 Å². The molecule has 0 bridgehead atoms. The van der Waals surface area contributed by atoms with E-state index in [0.29, 0.717) is 5.56 Å². The molecule has 1 aromatic rings. The minimum absolute atomic E-state index is 0.446. The van der Waals surface area contributed by atoms with Crippen LogP contribution in [0.5, 0.6) is 0 Å². The third kappa shape index (κ3) is 1.54. The summed E-state index contributed by atoms with van der Waals surface area (Å²) in [4.78, 5) is 14.3. The number of aromatic nitrogens is 1. The molecule has 1 heterocycles. The van der Waals surface area contributed by atoms with Crippen molar-refractivity contribution in [1.82, 2.24) is 4.98 Å². The standard InChI is InChI=1S/C7H6ClNO/c1-5-2-6(7(8)10)4-9-3-5/h2-4H,1H3. The van der Waals surface area contributed by atoms with Crippen LogP contribution in [0.1, 0.15) is 15.9 Å². The molecule has 3 heteroatoms. The fraction of sp³-hybridized carbons (Fsp3) is 0.143. The number of nitrogens with zero attached hydrogens (tertiary/aromatic N) is 1. The van der Waals surface area contributed by atoms with E-state index < -0.39 is 5.24 Å². The molecule has 0 fully saturated rings. The molecule has 52 valence electrons. The molecule has 0 amide bonds. The third-order valence-corrected chi connectivity index (χ3v) is 1.32. The van der Waals surface area contributed by atoms with Crippen LogP contribution in [0.25, 0.3) is 0 Å². The van der Waals surface area contributed by atoms with Crippen molar-refractivity contribution in [2.45, 2.75) is 6.92 Å². The van der Waals surface area contributed by atoms with Gasteiger partial charge in [-0.05, 0) is 30.2 Å². The van der Waals surface area contributed by atoms with E-state index in [-0.39, 0.29) is 0 Å². The van der Waals surface area contributed by atoms with Crippen molar-refractivity contribution >= 4 is 16.8 Å². The van der Waals surface area contributed by atoms with Crippen LogP contribution in [0.3, 0.4) is 0 Å². The highest BCUT2D eigenvalue weighted by Crippen LogP contribution is 2.03. The van der Waals surface area contributed by atoms with Gasteiger partial charge in [0.05, 0.1) is 5.56 Å². The zero-order valence-corrected chi connectivity index (χ0v) is 6.22. The van der Waals surface area contributed by atoms with E-state index >= 15 is 0 Å². The Bertz CT molecular complexity index is 260. The van der Waals surface area contributed by atoms with E-state index in [1.54, 1.807) is 12.3 Å². The Hall–Kier alpha value is -0.890. The predicted molar refractivity (Wildman–Crippen MR) is 39.2 cm³/mol. The Morgan fingerprint density at radius 3 is 2.70 bits per heavy atom. The summed E-state index contributed by atoms with van der Waals surface area (Å²) in [6, 6.07) is 1.70. The van der Waals surface area contributed by atoms with E-state index in [4.69, 9.17) is 11.6 Å². The van der Waals surface area contributed by atoms with Crippen molar-refractivity contribution in [3.05, 3.63) is 29.6 Å². The molecule has 0 aliphatic heterocycles. The number of carbonyl (C=O) groups excluding carboxylic acids is 1. The molecular formula is C7H6ClNO. The number of halogens is 1. The molecule has 0 radical (unpaired) electrons.